The van der Waals surface area contributed by atoms with Crippen molar-refractivity contribution in [2.45, 2.75) is 44.9 Å². The van der Waals surface area contributed by atoms with Crippen LogP contribution < -0.4 is 5.32 Å². The Morgan fingerprint density at radius 3 is 2.36 bits per heavy atom. The van der Waals surface area contributed by atoms with Crippen molar-refractivity contribution in [3.05, 3.63) is 35.9 Å². The van der Waals surface area contributed by atoms with Gasteiger partial charge in [0.25, 0.3) is 0 Å². The largest absolute Gasteiger partial charge is 0.394 e. The summed E-state index contributed by atoms with van der Waals surface area (Å²) in [5.41, 5.74) is 1.10. The second-order valence-corrected chi connectivity index (χ2v) is 6.89. The van der Waals surface area contributed by atoms with Gasteiger partial charge in [-0.2, -0.15) is 0 Å². The van der Waals surface area contributed by atoms with Crippen LogP contribution in [0.4, 0.5) is 0 Å². The van der Waals surface area contributed by atoms with E-state index in [2.05, 4.69) is 34.5 Å². The van der Waals surface area contributed by atoms with Crippen LogP contribution in [0.2, 0.25) is 0 Å². The van der Waals surface area contributed by atoms with Gasteiger partial charge >= 0.3 is 0 Å². The third kappa shape index (κ3) is 4.78. The fourth-order valence-electron chi connectivity index (χ4n) is 2.93. The molecule has 1 aromatic carbocycles. The van der Waals surface area contributed by atoms with Crippen LogP contribution in [-0.2, 0) is 6.54 Å². The molecule has 22 heavy (non-hydrogen) atoms. The van der Waals surface area contributed by atoms with Gasteiger partial charge in [-0.3, -0.25) is 4.90 Å². The average Bonchev–Trinajstić information content (AvgIpc) is 2.55. The first-order chi connectivity index (χ1) is 10.5. The lowest BCUT2D eigenvalue weighted by atomic mass is 9.87. The Hall–Kier alpha value is -0.940. The van der Waals surface area contributed by atoms with Gasteiger partial charge in [0.05, 0.1) is 12.7 Å². The van der Waals surface area contributed by atoms with Gasteiger partial charge in [-0.15, -0.1) is 0 Å². The topological polar surface area (TPSA) is 55.7 Å². The summed E-state index contributed by atoms with van der Waals surface area (Å²) in [7, 11) is 0. The molecule has 1 saturated heterocycles. The monoisotopic (exact) mass is 306 g/mol. The number of hydrogen-bond donors (Lipinski definition) is 3. The lowest BCUT2D eigenvalue weighted by molar-refractivity contribution is 0.0525. The van der Waals surface area contributed by atoms with Crippen molar-refractivity contribution in [3.8, 4) is 0 Å². The maximum Gasteiger partial charge on any atom is 0.0687 e. The smallest absolute Gasteiger partial charge is 0.0687 e. The van der Waals surface area contributed by atoms with Crippen LogP contribution in [0.25, 0.3) is 0 Å². The maximum atomic E-state index is 9.96. The highest BCUT2D eigenvalue weighted by atomic mass is 16.3. The lowest BCUT2D eigenvalue weighted by Crippen LogP contribution is -2.57. The highest BCUT2D eigenvalue weighted by Crippen LogP contribution is 2.23. The van der Waals surface area contributed by atoms with E-state index in [0.29, 0.717) is 6.54 Å². The van der Waals surface area contributed by atoms with Gasteiger partial charge in [0.15, 0.2) is 0 Å². The van der Waals surface area contributed by atoms with Crippen LogP contribution >= 0.6 is 0 Å². The second kappa shape index (κ2) is 8.06. The molecule has 1 aromatic rings. The van der Waals surface area contributed by atoms with Crippen LogP contribution in [-0.4, -0.2) is 53.0 Å². The van der Waals surface area contributed by atoms with Gasteiger partial charge in [-0.1, -0.05) is 44.2 Å². The Labute approximate surface area is 134 Å². The fourth-order valence-corrected chi connectivity index (χ4v) is 2.93. The summed E-state index contributed by atoms with van der Waals surface area (Å²) in [6.07, 6.45) is 1.48. The Kier molecular flexibility index (Phi) is 6.38. The van der Waals surface area contributed by atoms with E-state index in [9.17, 15) is 10.2 Å². The molecule has 0 radical (unpaired) electrons. The molecule has 0 aromatic heterocycles. The van der Waals surface area contributed by atoms with Gasteiger partial charge in [0.2, 0.25) is 0 Å². The van der Waals surface area contributed by atoms with Crippen molar-refractivity contribution in [1.82, 2.24) is 10.2 Å². The third-order valence-corrected chi connectivity index (χ3v) is 4.82. The van der Waals surface area contributed by atoms with Crippen molar-refractivity contribution in [1.29, 1.82) is 0 Å². The number of β-amino-alcohol motifs (C(OH)–C–C–N with tert-alkyl or cyclic N) is 1. The van der Waals surface area contributed by atoms with Gasteiger partial charge in [0, 0.05) is 31.7 Å². The fraction of sp³-hybridized carbons (Fsp3) is 0.667. The number of aliphatic hydroxyl groups is 2. The minimum Gasteiger partial charge on any atom is -0.394 e. The molecule has 124 valence electrons. The molecule has 0 aliphatic carbocycles. The molecule has 0 spiro atoms. The second-order valence-electron chi connectivity index (χ2n) is 6.89. The van der Waals surface area contributed by atoms with Crippen LogP contribution in [0, 0.1) is 5.92 Å². The van der Waals surface area contributed by atoms with Gasteiger partial charge in [-0.05, 0) is 24.3 Å². The molecule has 1 atom stereocenters. The van der Waals surface area contributed by atoms with Crippen LogP contribution in [0.3, 0.4) is 0 Å². The van der Waals surface area contributed by atoms with E-state index in [1.54, 1.807) is 0 Å². The van der Waals surface area contributed by atoms with E-state index in [4.69, 9.17) is 0 Å². The Morgan fingerprint density at radius 1 is 1.18 bits per heavy atom. The molecule has 0 saturated carbocycles. The number of nitrogens with zero attached hydrogens (tertiary/aromatic N) is 1. The molecule has 2 rings (SSSR count). The maximum absolute atomic E-state index is 9.96. The molecule has 1 aliphatic rings. The van der Waals surface area contributed by atoms with Crippen molar-refractivity contribution >= 4 is 0 Å². The van der Waals surface area contributed by atoms with Crippen molar-refractivity contribution in [3.63, 3.8) is 0 Å². The Balaban J connectivity index is 1.83. The highest BCUT2D eigenvalue weighted by molar-refractivity contribution is 5.14. The van der Waals surface area contributed by atoms with Crippen LogP contribution in [0.5, 0.6) is 0 Å². The molecular formula is C18H30N2O2. The van der Waals surface area contributed by atoms with Gasteiger partial charge in [0.1, 0.15) is 0 Å². The Bertz CT molecular complexity index is 428. The summed E-state index contributed by atoms with van der Waals surface area (Å²) in [6, 6.07) is 10.5. The zero-order chi connectivity index (χ0) is 16.0. The number of aliphatic hydroxyl groups excluding tert-OH is 2. The quantitative estimate of drug-likeness (QED) is 0.716. The van der Waals surface area contributed by atoms with Gasteiger partial charge < -0.3 is 15.5 Å². The Morgan fingerprint density at radius 2 is 1.82 bits per heavy atom. The third-order valence-electron chi connectivity index (χ3n) is 4.82. The number of benzene rings is 1. The first-order valence-electron chi connectivity index (χ1n) is 8.35. The van der Waals surface area contributed by atoms with E-state index in [1.807, 2.05) is 19.9 Å². The average molecular weight is 306 g/mol. The zero-order valence-corrected chi connectivity index (χ0v) is 13.8. The molecule has 4 heteroatoms. The summed E-state index contributed by atoms with van der Waals surface area (Å²) < 4.78 is 0. The molecule has 1 aliphatic heterocycles. The number of piperidine rings is 1. The minimum atomic E-state index is -0.356. The van der Waals surface area contributed by atoms with E-state index in [0.717, 1.165) is 32.5 Å². The molecule has 1 heterocycles. The molecule has 1 fully saturated rings. The van der Waals surface area contributed by atoms with Crippen LogP contribution in [0.15, 0.2) is 30.3 Å². The SMILES string of the molecule is CC(C)C(O)CNC1(CO)CCN(Cc2ccccc2)CC1. The molecular weight excluding hydrogens is 276 g/mol. The molecule has 0 bridgehead atoms. The highest BCUT2D eigenvalue weighted by Gasteiger charge is 2.34. The van der Waals surface area contributed by atoms with Crippen molar-refractivity contribution < 1.29 is 10.2 Å². The van der Waals surface area contributed by atoms with E-state index >= 15 is 0 Å². The first-order valence-corrected chi connectivity index (χ1v) is 8.35. The molecule has 1 unspecified atom stereocenters. The summed E-state index contributed by atoms with van der Waals surface area (Å²) in [5.74, 6) is 0.237. The summed E-state index contributed by atoms with van der Waals surface area (Å²) in [4.78, 5) is 2.43. The normalized spacial score (nSPS) is 20.2. The summed E-state index contributed by atoms with van der Waals surface area (Å²) >= 11 is 0. The van der Waals surface area contributed by atoms with E-state index < -0.39 is 0 Å². The number of nitrogens with one attached hydrogen (secondary N) is 1. The van der Waals surface area contributed by atoms with Crippen LogP contribution in [0.1, 0.15) is 32.3 Å². The molecule has 0 amide bonds. The van der Waals surface area contributed by atoms with E-state index in [1.165, 1.54) is 5.56 Å². The number of rotatable bonds is 7. The number of hydrogen-bond acceptors (Lipinski definition) is 4. The molecule has 4 nitrogen and oxygen atoms in total. The standard InChI is InChI=1S/C18H30N2O2/c1-15(2)17(22)12-19-18(14-21)8-10-20(11-9-18)13-16-6-4-3-5-7-16/h3-7,15,17,19,21-22H,8-14H2,1-2H3. The predicted molar refractivity (Wildman–Crippen MR) is 89.6 cm³/mol. The summed E-state index contributed by atoms with van der Waals surface area (Å²) in [6.45, 7) is 7.63. The van der Waals surface area contributed by atoms with Gasteiger partial charge in [-0.25, -0.2) is 0 Å². The first kappa shape index (κ1) is 17.4. The number of likely N-dealkylation sites (tertiary alicyclic amines) is 1. The predicted octanol–water partition coefficient (Wildman–Crippen LogP) is 1.62. The molecule has 3 N–H and O–H groups in total. The minimum absolute atomic E-state index is 0.136. The van der Waals surface area contributed by atoms with Crippen molar-refractivity contribution in [2.24, 2.45) is 5.92 Å². The zero-order valence-electron chi connectivity index (χ0n) is 13.8. The summed E-state index contributed by atoms with van der Waals surface area (Å²) in [5, 5.41) is 23.2. The lowest BCUT2D eigenvalue weighted by Gasteiger charge is -2.42. The van der Waals surface area contributed by atoms with E-state index in [-0.39, 0.29) is 24.2 Å². The van der Waals surface area contributed by atoms with Crippen molar-refractivity contribution in [2.75, 3.05) is 26.2 Å².